The smallest absolute Gasteiger partial charge is 0.408 e. The average Bonchev–Trinajstić information content (AvgIpc) is 2.85. The highest BCUT2D eigenvalue weighted by atomic mass is 16.6. The van der Waals surface area contributed by atoms with Crippen molar-refractivity contribution in [1.29, 1.82) is 0 Å². The van der Waals surface area contributed by atoms with E-state index >= 15 is 0 Å². The second-order valence-electron chi connectivity index (χ2n) is 12.1. The molecule has 2 unspecified atom stereocenters. The van der Waals surface area contributed by atoms with E-state index in [4.69, 9.17) is 4.74 Å². The van der Waals surface area contributed by atoms with Crippen LogP contribution in [0.4, 0.5) is 4.79 Å². The van der Waals surface area contributed by atoms with Crippen molar-refractivity contribution in [2.45, 2.75) is 105 Å². The standard InChI is InChI=1S/C32H47N3O4/c1-11-32(9,10)35(29(37)26(21(2)3)34-30(38)39-31(6,7)8)27(25-19-15-16-22(4)23(25)5)28(36)33-20-24-17-13-12-14-18-24/h12-19,21,26-27H,11,20H2,1-10H3,(H,33,36)(H,34,38). The highest BCUT2D eigenvalue weighted by Gasteiger charge is 2.44. The maximum absolute atomic E-state index is 14.5. The Bertz CT molecular complexity index is 1140. The van der Waals surface area contributed by atoms with Crippen molar-refractivity contribution < 1.29 is 19.1 Å². The van der Waals surface area contributed by atoms with Crippen LogP contribution in [0.2, 0.25) is 0 Å². The molecule has 0 bridgehead atoms. The summed E-state index contributed by atoms with van der Waals surface area (Å²) in [4.78, 5) is 43.0. The molecule has 214 valence electrons. The number of hydrogen-bond acceptors (Lipinski definition) is 4. The summed E-state index contributed by atoms with van der Waals surface area (Å²) in [6.07, 6.45) is -0.0656. The van der Waals surface area contributed by atoms with Gasteiger partial charge in [0.25, 0.3) is 0 Å². The van der Waals surface area contributed by atoms with E-state index in [2.05, 4.69) is 10.6 Å². The van der Waals surface area contributed by atoms with Crippen molar-refractivity contribution in [2.75, 3.05) is 0 Å². The minimum absolute atomic E-state index is 0.244. The lowest BCUT2D eigenvalue weighted by atomic mass is 9.88. The summed E-state index contributed by atoms with van der Waals surface area (Å²) in [6.45, 7) is 19.3. The number of alkyl carbamates (subject to hydrolysis) is 1. The van der Waals surface area contributed by atoms with Gasteiger partial charge in [0, 0.05) is 12.1 Å². The van der Waals surface area contributed by atoms with E-state index in [9.17, 15) is 14.4 Å². The van der Waals surface area contributed by atoms with Crippen LogP contribution in [0, 0.1) is 19.8 Å². The predicted molar refractivity (Wildman–Crippen MR) is 156 cm³/mol. The summed E-state index contributed by atoms with van der Waals surface area (Å²) in [5.74, 6) is -0.850. The monoisotopic (exact) mass is 537 g/mol. The minimum atomic E-state index is -0.905. The average molecular weight is 538 g/mol. The van der Waals surface area contributed by atoms with Crippen LogP contribution in [0.5, 0.6) is 0 Å². The number of carbonyl (C=O) groups excluding carboxylic acids is 3. The molecule has 0 spiro atoms. The molecule has 7 heteroatoms. The van der Waals surface area contributed by atoms with Gasteiger partial charge in [0.05, 0.1) is 0 Å². The van der Waals surface area contributed by atoms with Gasteiger partial charge in [-0.05, 0) is 83.1 Å². The van der Waals surface area contributed by atoms with Gasteiger partial charge in [-0.3, -0.25) is 9.59 Å². The van der Waals surface area contributed by atoms with Gasteiger partial charge in [-0.15, -0.1) is 0 Å². The maximum atomic E-state index is 14.5. The summed E-state index contributed by atoms with van der Waals surface area (Å²) in [5.41, 5.74) is 2.28. The Hall–Kier alpha value is -3.35. The molecule has 0 aliphatic rings. The van der Waals surface area contributed by atoms with Gasteiger partial charge in [-0.1, -0.05) is 69.3 Å². The van der Waals surface area contributed by atoms with Crippen molar-refractivity contribution >= 4 is 17.9 Å². The van der Waals surface area contributed by atoms with Gasteiger partial charge in [0.2, 0.25) is 11.8 Å². The first-order chi connectivity index (χ1) is 18.1. The number of benzene rings is 2. The molecule has 2 rings (SSSR count). The molecule has 2 aromatic carbocycles. The zero-order valence-electron chi connectivity index (χ0n) is 25.3. The van der Waals surface area contributed by atoms with Crippen LogP contribution in [0.15, 0.2) is 48.5 Å². The Morgan fingerprint density at radius 2 is 1.54 bits per heavy atom. The normalized spacial score (nSPS) is 13.4. The molecular weight excluding hydrogens is 490 g/mol. The molecule has 0 saturated carbocycles. The highest BCUT2D eigenvalue weighted by Crippen LogP contribution is 2.35. The lowest BCUT2D eigenvalue weighted by Gasteiger charge is -2.45. The van der Waals surface area contributed by atoms with Gasteiger partial charge in [0.15, 0.2) is 0 Å². The van der Waals surface area contributed by atoms with Gasteiger partial charge in [-0.25, -0.2) is 4.79 Å². The molecule has 0 aromatic heterocycles. The highest BCUT2D eigenvalue weighted by molar-refractivity contribution is 5.93. The van der Waals surface area contributed by atoms with Gasteiger partial charge in [-0.2, -0.15) is 0 Å². The summed E-state index contributed by atoms with van der Waals surface area (Å²) in [7, 11) is 0. The van der Waals surface area contributed by atoms with Gasteiger partial charge in [0.1, 0.15) is 17.7 Å². The zero-order valence-corrected chi connectivity index (χ0v) is 25.3. The fraction of sp³-hybridized carbons (Fsp3) is 0.531. The Balaban J connectivity index is 2.62. The molecule has 39 heavy (non-hydrogen) atoms. The van der Waals surface area contributed by atoms with Crippen molar-refractivity contribution in [1.82, 2.24) is 15.5 Å². The summed E-state index contributed by atoms with van der Waals surface area (Å²) < 4.78 is 5.48. The number of amides is 3. The maximum Gasteiger partial charge on any atom is 0.408 e. The third-order valence-electron chi connectivity index (χ3n) is 7.12. The first kappa shape index (κ1) is 31.9. The molecule has 2 N–H and O–H groups in total. The summed E-state index contributed by atoms with van der Waals surface area (Å²) >= 11 is 0. The topological polar surface area (TPSA) is 87.7 Å². The number of nitrogens with one attached hydrogen (secondary N) is 2. The number of aryl methyl sites for hydroxylation is 1. The third kappa shape index (κ3) is 8.57. The Kier molecular flexibility index (Phi) is 10.7. The van der Waals surface area contributed by atoms with Crippen molar-refractivity contribution in [3.05, 3.63) is 70.8 Å². The number of hydrogen-bond donors (Lipinski definition) is 2. The number of carbonyl (C=O) groups is 3. The number of ether oxygens (including phenoxy) is 1. The Morgan fingerprint density at radius 1 is 0.923 bits per heavy atom. The van der Waals surface area contributed by atoms with Crippen LogP contribution < -0.4 is 10.6 Å². The number of rotatable bonds is 10. The lowest BCUT2D eigenvalue weighted by Crippen LogP contribution is -2.60. The molecule has 0 saturated heterocycles. The first-order valence-corrected chi connectivity index (χ1v) is 13.8. The Labute approximate surface area is 234 Å². The van der Waals surface area contributed by atoms with Crippen molar-refractivity contribution in [3.8, 4) is 0 Å². The second-order valence-corrected chi connectivity index (χ2v) is 12.1. The van der Waals surface area contributed by atoms with Crippen LogP contribution in [0.25, 0.3) is 0 Å². The van der Waals surface area contributed by atoms with Crippen LogP contribution in [0.1, 0.15) is 90.1 Å². The Morgan fingerprint density at radius 3 is 2.08 bits per heavy atom. The zero-order chi connectivity index (χ0) is 29.5. The molecule has 2 aromatic rings. The van der Waals surface area contributed by atoms with Crippen LogP contribution in [0.3, 0.4) is 0 Å². The van der Waals surface area contributed by atoms with Crippen molar-refractivity contribution in [3.63, 3.8) is 0 Å². The summed E-state index contributed by atoms with van der Waals surface area (Å²) in [5, 5.41) is 5.87. The SMILES string of the molecule is CCC(C)(C)N(C(=O)C(NC(=O)OC(C)(C)C)C(C)C)C(C(=O)NCc1ccccc1)c1cccc(C)c1C. The fourth-order valence-corrected chi connectivity index (χ4v) is 4.39. The van der Waals surface area contributed by atoms with Gasteiger partial charge < -0.3 is 20.3 Å². The number of nitrogens with zero attached hydrogens (tertiary/aromatic N) is 1. The first-order valence-electron chi connectivity index (χ1n) is 13.8. The molecule has 0 aliphatic heterocycles. The molecule has 0 radical (unpaired) electrons. The van der Waals surface area contributed by atoms with E-state index < -0.39 is 29.3 Å². The van der Waals surface area contributed by atoms with E-state index in [1.165, 1.54) is 0 Å². The second kappa shape index (κ2) is 13.1. The molecule has 0 aliphatic carbocycles. The van der Waals surface area contributed by atoms with Crippen LogP contribution in [-0.2, 0) is 20.9 Å². The van der Waals surface area contributed by atoms with E-state index in [0.717, 1.165) is 22.3 Å². The van der Waals surface area contributed by atoms with Gasteiger partial charge >= 0.3 is 6.09 Å². The van der Waals surface area contributed by atoms with Crippen LogP contribution >= 0.6 is 0 Å². The molecule has 0 heterocycles. The summed E-state index contributed by atoms with van der Waals surface area (Å²) in [6, 6.07) is 13.7. The minimum Gasteiger partial charge on any atom is -0.444 e. The van der Waals surface area contributed by atoms with E-state index in [0.29, 0.717) is 13.0 Å². The van der Waals surface area contributed by atoms with E-state index in [1.54, 1.807) is 25.7 Å². The fourth-order valence-electron chi connectivity index (χ4n) is 4.39. The van der Waals surface area contributed by atoms with Crippen molar-refractivity contribution in [2.24, 2.45) is 5.92 Å². The quantitative estimate of drug-likeness (QED) is 0.376. The molecule has 0 fully saturated rings. The molecule has 3 amide bonds. The molecule has 7 nitrogen and oxygen atoms in total. The largest absolute Gasteiger partial charge is 0.444 e. The lowest BCUT2D eigenvalue weighted by molar-refractivity contribution is -0.150. The van der Waals surface area contributed by atoms with Crippen LogP contribution in [-0.4, -0.2) is 40.0 Å². The predicted octanol–water partition coefficient (Wildman–Crippen LogP) is 6.23. The molecule has 2 atom stereocenters. The van der Waals surface area contributed by atoms with E-state index in [1.807, 2.05) is 97.0 Å². The molecular formula is C32H47N3O4. The third-order valence-corrected chi connectivity index (χ3v) is 7.12. The van der Waals surface area contributed by atoms with E-state index in [-0.39, 0.29) is 17.7 Å².